The number of carbonyl (C=O) groups excluding carboxylic acids is 1. The van der Waals surface area contributed by atoms with E-state index in [1.807, 2.05) is 36.2 Å². The number of halogens is 2. The van der Waals surface area contributed by atoms with Crippen LogP contribution in [0.2, 0.25) is 5.02 Å². The summed E-state index contributed by atoms with van der Waals surface area (Å²) in [5, 5.41) is 3.77. The summed E-state index contributed by atoms with van der Waals surface area (Å²) < 4.78 is 19.1. The van der Waals surface area contributed by atoms with Crippen molar-refractivity contribution in [2.45, 2.75) is 38.9 Å². The highest BCUT2D eigenvalue weighted by atomic mass is 35.5. The Hall–Kier alpha value is -2.15. The van der Waals surface area contributed by atoms with E-state index in [1.165, 1.54) is 12.1 Å². The van der Waals surface area contributed by atoms with Crippen LogP contribution >= 0.6 is 11.6 Å². The highest BCUT2D eigenvalue weighted by Crippen LogP contribution is 2.24. The van der Waals surface area contributed by atoms with Crippen LogP contribution in [0.1, 0.15) is 25.0 Å². The third-order valence-corrected chi connectivity index (χ3v) is 5.99. The molecule has 1 aliphatic rings. The van der Waals surface area contributed by atoms with Crippen LogP contribution in [0.15, 0.2) is 42.5 Å². The van der Waals surface area contributed by atoms with Gasteiger partial charge in [-0.3, -0.25) is 9.69 Å². The Kier molecular flexibility index (Phi) is 8.29. The van der Waals surface area contributed by atoms with Crippen molar-refractivity contribution < 1.29 is 13.9 Å². The fraction of sp³-hybridized carbons (Fsp3) is 0.458. The van der Waals surface area contributed by atoms with Crippen molar-refractivity contribution >= 4 is 17.5 Å². The van der Waals surface area contributed by atoms with Gasteiger partial charge in [0.2, 0.25) is 0 Å². The first kappa shape index (κ1) is 23.5. The normalized spacial score (nSPS) is 19.5. The molecule has 0 aliphatic carbocycles. The van der Waals surface area contributed by atoms with Crippen molar-refractivity contribution in [3.63, 3.8) is 0 Å². The number of likely N-dealkylation sites (N-methyl/N-ethyl adjacent to an activating group) is 1. The number of hydrogen-bond donors (Lipinski definition) is 1. The number of ether oxygens (including phenoxy) is 1. The summed E-state index contributed by atoms with van der Waals surface area (Å²) in [6, 6.07) is 12.4. The van der Waals surface area contributed by atoms with E-state index in [0.717, 1.165) is 37.2 Å². The SMILES string of the molecule is CNCCc1cc(Cl)ccc1OCC(=O)N1CC(C)N(Cc2ccc(F)cc2)CC1C. The van der Waals surface area contributed by atoms with Gasteiger partial charge in [0.25, 0.3) is 5.91 Å². The second-order valence-corrected chi connectivity index (χ2v) is 8.63. The molecule has 2 unspecified atom stereocenters. The minimum Gasteiger partial charge on any atom is -0.483 e. The van der Waals surface area contributed by atoms with Crippen LogP contribution in [0.4, 0.5) is 4.39 Å². The molecule has 3 rings (SSSR count). The molecule has 0 radical (unpaired) electrons. The smallest absolute Gasteiger partial charge is 0.260 e. The number of rotatable bonds is 8. The van der Waals surface area contributed by atoms with Gasteiger partial charge in [0.15, 0.2) is 6.61 Å². The van der Waals surface area contributed by atoms with Crippen LogP contribution in [0.5, 0.6) is 5.75 Å². The minimum absolute atomic E-state index is 0.00318. The second-order valence-electron chi connectivity index (χ2n) is 8.19. The molecule has 1 heterocycles. The van der Waals surface area contributed by atoms with Crippen molar-refractivity contribution in [1.82, 2.24) is 15.1 Å². The maximum Gasteiger partial charge on any atom is 0.260 e. The van der Waals surface area contributed by atoms with Gasteiger partial charge in [0.1, 0.15) is 11.6 Å². The predicted molar refractivity (Wildman–Crippen MR) is 122 cm³/mol. The zero-order chi connectivity index (χ0) is 22.4. The highest BCUT2D eigenvalue weighted by Gasteiger charge is 2.32. The molecule has 2 atom stereocenters. The Labute approximate surface area is 189 Å². The van der Waals surface area contributed by atoms with Crippen LogP contribution < -0.4 is 10.1 Å². The fourth-order valence-electron chi connectivity index (χ4n) is 3.96. The average molecular weight is 448 g/mol. The van der Waals surface area contributed by atoms with Gasteiger partial charge in [0, 0.05) is 36.7 Å². The first-order valence-electron chi connectivity index (χ1n) is 10.7. The molecule has 1 aliphatic heterocycles. The Bertz CT molecular complexity index is 878. The van der Waals surface area contributed by atoms with E-state index >= 15 is 0 Å². The molecule has 0 aromatic heterocycles. The molecule has 1 saturated heterocycles. The monoisotopic (exact) mass is 447 g/mol. The lowest BCUT2D eigenvalue weighted by atomic mass is 10.1. The molecule has 1 amide bonds. The Morgan fingerprint density at radius 3 is 2.61 bits per heavy atom. The molecule has 168 valence electrons. The molecular weight excluding hydrogens is 417 g/mol. The van der Waals surface area contributed by atoms with E-state index in [9.17, 15) is 9.18 Å². The predicted octanol–water partition coefficient (Wildman–Crippen LogP) is 3.74. The number of hydrogen-bond acceptors (Lipinski definition) is 4. The second kappa shape index (κ2) is 10.9. The van der Waals surface area contributed by atoms with Gasteiger partial charge >= 0.3 is 0 Å². The molecule has 7 heteroatoms. The quantitative estimate of drug-likeness (QED) is 0.669. The van der Waals surface area contributed by atoms with Gasteiger partial charge < -0.3 is 15.0 Å². The van der Waals surface area contributed by atoms with E-state index in [1.54, 1.807) is 6.07 Å². The van der Waals surface area contributed by atoms with Crippen molar-refractivity contribution in [3.8, 4) is 5.75 Å². The summed E-state index contributed by atoms with van der Waals surface area (Å²) in [7, 11) is 1.90. The van der Waals surface area contributed by atoms with Gasteiger partial charge in [-0.2, -0.15) is 0 Å². The van der Waals surface area contributed by atoms with E-state index in [4.69, 9.17) is 16.3 Å². The zero-order valence-electron chi connectivity index (χ0n) is 18.4. The van der Waals surface area contributed by atoms with Crippen LogP contribution in [0.25, 0.3) is 0 Å². The Morgan fingerprint density at radius 1 is 1.16 bits per heavy atom. The molecular formula is C24H31ClFN3O2. The van der Waals surface area contributed by atoms with Crippen molar-refractivity contribution in [1.29, 1.82) is 0 Å². The fourth-order valence-corrected chi connectivity index (χ4v) is 4.15. The maximum absolute atomic E-state index is 13.2. The average Bonchev–Trinajstić information content (AvgIpc) is 2.75. The molecule has 2 aromatic rings. The molecule has 1 N–H and O–H groups in total. The highest BCUT2D eigenvalue weighted by molar-refractivity contribution is 6.30. The molecule has 2 aromatic carbocycles. The standard InChI is InChI=1S/C24H31ClFN3O2/c1-17-14-29(18(2)13-28(17)15-19-4-7-22(26)8-5-19)24(30)16-31-23-9-6-21(25)12-20(23)10-11-27-3/h4-9,12,17-18,27H,10-11,13-16H2,1-3H3. The largest absolute Gasteiger partial charge is 0.483 e. The van der Waals surface area contributed by atoms with Gasteiger partial charge in [-0.15, -0.1) is 0 Å². The summed E-state index contributed by atoms with van der Waals surface area (Å²) in [5.74, 6) is 0.453. The third-order valence-electron chi connectivity index (χ3n) is 5.75. The number of benzene rings is 2. The lowest BCUT2D eigenvalue weighted by Gasteiger charge is -2.44. The summed E-state index contributed by atoms with van der Waals surface area (Å²) in [4.78, 5) is 17.2. The number of carbonyl (C=O) groups is 1. The first-order valence-corrected chi connectivity index (χ1v) is 11.1. The van der Waals surface area contributed by atoms with Crippen molar-refractivity contribution in [3.05, 3.63) is 64.4 Å². The lowest BCUT2D eigenvalue weighted by Crippen LogP contribution is -2.58. The number of amides is 1. The van der Waals surface area contributed by atoms with Crippen LogP contribution in [0, 0.1) is 5.82 Å². The van der Waals surface area contributed by atoms with Gasteiger partial charge in [-0.1, -0.05) is 23.7 Å². The van der Waals surface area contributed by atoms with Crippen LogP contribution in [-0.2, 0) is 17.8 Å². The molecule has 0 bridgehead atoms. The minimum atomic E-state index is -0.226. The molecule has 0 spiro atoms. The topological polar surface area (TPSA) is 44.8 Å². The van der Waals surface area contributed by atoms with Gasteiger partial charge in [-0.05, 0) is 75.3 Å². The number of nitrogens with one attached hydrogen (secondary N) is 1. The number of piperazine rings is 1. The first-order chi connectivity index (χ1) is 14.9. The molecule has 5 nitrogen and oxygen atoms in total. The Morgan fingerprint density at radius 2 is 1.90 bits per heavy atom. The van der Waals surface area contributed by atoms with Crippen molar-refractivity contribution in [2.24, 2.45) is 0 Å². The summed E-state index contributed by atoms with van der Waals surface area (Å²) in [6.45, 7) is 7.12. The van der Waals surface area contributed by atoms with Crippen LogP contribution in [-0.4, -0.2) is 61.1 Å². The molecule has 31 heavy (non-hydrogen) atoms. The lowest BCUT2D eigenvalue weighted by molar-refractivity contribution is -0.139. The molecule has 1 fully saturated rings. The van der Waals surface area contributed by atoms with Crippen LogP contribution in [0.3, 0.4) is 0 Å². The summed E-state index contributed by atoms with van der Waals surface area (Å²) in [6.07, 6.45) is 0.774. The van der Waals surface area contributed by atoms with Crippen molar-refractivity contribution in [2.75, 3.05) is 33.3 Å². The third kappa shape index (κ3) is 6.42. The summed E-state index contributed by atoms with van der Waals surface area (Å²) >= 11 is 6.12. The zero-order valence-corrected chi connectivity index (χ0v) is 19.2. The molecule has 0 saturated carbocycles. The maximum atomic E-state index is 13.2. The van der Waals surface area contributed by atoms with E-state index < -0.39 is 0 Å². The summed E-state index contributed by atoms with van der Waals surface area (Å²) in [5.41, 5.74) is 2.06. The van der Waals surface area contributed by atoms with E-state index in [2.05, 4.69) is 24.1 Å². The van der Waals surface area contributed by atoms with E-state index in [-0.39, 0.29) is 30.4 Å². The van der Waals surface area contributed by atoms with E-state index in [0.29, 0.717) is 17.3 Å². The Balaban J connectivity index is 1.57. The number of nitrogens with zero attached hydrogens (tertiary/aromatic N) is 2. The van der Waals surface area contributed by atoms with Gasteiger partial charge in [0.05, 0.1) is 0 Å². The van der Waals surface area contributed by atoms with Gasteiger partial charge in [-0.25, -0.2) is 4.39 Å².